The highest BCUT2D eigenvalue weighted by atomic mass is 16.5. The number of hydrogen-bond acceptors (Lipinski definition) is 4. The fourth-order valence-corrected chi connectivity index (χ4v) is 2.59. The molecule has 3 rings (SSSR count). The van der Waals surface area contributed by atoms with E-state index in [9.17, 15) is 14.4 Å². The van der Waals surface area contributed by atoms with Crippen molar-refractivity contribution in [3.8, 4) is 0 Å². The predicted octanol–water partition coefficient (Wildman–Crippen LogP) is 1.49. The van der Waals surface area contributed by atoms with Crippen LogP contribution in [0.3, 0.4) is 0 Å². The smallest absolute Gasteiger partial charge is 0.338 e. The molecular weight excluding hydrogens is 298 g/mol. The molecule has 1 saturated heterocycles. The van der Waals surface area contributed by atoms with Crippen LogP contribution in [0.15, 0.2) is 18.2 Å². The number of rotatable bonds is 3. The number of ether oxygens (including phenoxy) is 1. The minimum atomic E-state index is -0.585. The van der Waals surface area contributed by atoms with Crippen molar-refractivity contribution in [1.29, 1.82) is 0 Å². The molecule has 2 N–H and O–H groups in total. The van der Waals surface area contributed by atoms with Crippen LogP contribution in [-0.4, -0.2) is 47.5 Å². The summed E-state index contributed by atoms with van der Waals surface area (Å²) in [5.74, 6) is -1.11. The molecule has 23 heavy (non-hydrogen) atoms. The maximum Gasteiger partial charge on any atom is 0.338 e. The van der Waals surface area contributed by atoms with Gasteiger partial charge in [-0.2, -0.15) is 0 Å². The normalized spacial score (nSPS) is 14.2. The Kier molecular flexibility index (Phi) is 3.77. The van der Waals surface area contributed by atoms with Crippen LogP contribution in [0.2, 0.25) is 0 Å². The van der Waals surface area contributed by atoms with Crippen LogP contribution in [0, 0.1) is 13.8 Å². The summed E-state index contributed by atoms with van der Waals surface area (Å²) in [6.45, 7) is 4.20. The van der Waals surface area contributed by atoms with Gasteiger partial charge in [0.2, 0.25) is 0 Å². The van der Waals surface area contributed by atoms with Gasteiger partial charge in [-0.25, -0.2) is 9.59 Å². The largest absolute Gasteiger partial charge is 0.452 e. The Balaban J connectivity index is 1.69. The minimum absolute atomic E-state index is 0.295. The average molecular weight is 315 g/mol. The summed E-state index contributed by atoms with van der Waals surface area (Å²) < 4.78 is 5.03. The highest BCUT2D eigenvalue weighted by Crippen LogP contribution is 2.22. The molecule has 1 aliphatic heterocycles. The van der Waals surface area contributed by atoms with E-state index in [0.717, 1.165) is 27.1 Å². The number of esters is 1. The average Bonchev–Trinajstić information content (AvgIpc) is 3.08. The number of aromatic amines is 1. The number of nitrogens with one attached hydrogen (secondary N) is 2. The number of hydrogen-bond donors (Lipinski definition) is 2. The molecule has 0 bridgehead atoms. The van der Waals surface area contributed by atoms with Crippen LogP contribution in [0.4, 0.5) is 4.79 Å². The zero-order valence-electron chi connectivity index (χ0n) is 12.9. The predicted molar refractivity (Wildman–Crippen MR) is 83.2 cm³/mol. The van der Waals surface area contributed by atoms with E-state index in [2.05, 4.69) is 10.3 Å². The van der Waals surface area contributed by atoms with E-state index < -0.39 is 24.5 Å². The van der Waals surface area contributed by atoms with Crippen LogP contribution in [0.1, 0.15) is 21.6 Å². The summed E-state index contributed by atoms with van der Waals surface area (Å²) in [6.07, 6.45) is 0. The van der Waals surface area contributed by atoms with Gasteiger partial charge in [0.05, 0.1) is 5.56 Å². The van der Waals surface area contributed by atoms with E-state index in [4.69, 9.17) is 4.74 Å². The third-order valence-electron chi connectivity index (χ3n) is 4.03. The van der Waals surface area contributed by atoms with Gasteiger partial charge in [0.1, 0.15) is 0 Å². The van der Waals surface area contributed by atoms with Crippen LogP contribution in [-0.2, 0) is 9.53 Å². The molecule has 0 radical (unpaired) electrons. The van der Waals surface area contributed by atoms with E-state index in [1.807, 2.05) is 19.9 Å². The molecule has 1 aromatic heterocycles. The second-order valence-electron chi connectivity index (χ2n) is 5.49. The van der Waals surface area contributed by atoms with Crippen molar-refractivity contribution in [2.45, 2.75) is 13.8 Å². The lowest BCUT2D eigenvalue weighted by Gasteiger charge is -2.12. The molecule has 0 aliphatic carbocycles. The number of amides is 3. The third-order valence-corrected chi connectivity index (χ3v) is 4.03. The lowest BCUT2D eigenvalue weighted by Crippen LogP contribution is -2.37. The Morgan fingerprint density at radius 1 is 1.30 bits per heavy atom. The summed E-state index contributed by atoms with van der Waals surface area (Å²) in [4.78, 5) is 39.6. The lowest BCUT2D eigenvalue weighted by molar-refractivity contribution is -0.130. The van der Waals surface area contributed by atoms with E-state index in [0.29, 0.717) is 18.7 Å². The number of fused-ring (bicyclic) bond motifs is 1. The molecule has 2 aromatic rings. The number of carbonyl (C=O) groups is 3. The van der Waals surface area contributed by atoms with E-state index in [1.54, 1.807) is 12.1 Å². The lowest BCUT2D eigenvalue weighted by atomic mass is 10.1. The molecule has 1 aromatic carbocycles. The molecule has 0 spiro atoms. The van der Waals surface area contributed by atoms with Crippen molar-refractivity contribution >= 4 is 28.8 Å². The molecule has 7 nitrogen and oxygen atoms in total. The zero-order chi connectivity index (χ0) is 16.6. The van der Waals surface area contributed by atoms with Gasteiger partial charge in [-0.15, -0.1) is 0 Å². The monoisotopic (exact) mass is 315 g/mol. The first kappa shape index (κ1) is 15.1. The molecule has 3 amide bonds. The molecule has 120 valence electrons. The SMILES string of the molecule is Cc1[nH]c2ccc(C(=O)OCC(=O)N3CCNC3=O)cc2c1C. The Bertz CT molecular complexity index is 809. The van der Waals surface area contributed by atoms with Crippen molar-refractivity contribution in [2.24, 2.45) is 0 Å². The van der Waals surface area contributed by atoms with E-state index >= 15 is 0 Å². The van der Waals surface area contributed by atoms with Gasteiger partial charge in [-0.05, 0) is 37.6 Å². The number of carbonyl (C=O) groups excluding carboxylic acids is 3. The highest BCUT2D eigenvalue weighted by Gasteiger charge is 2.26. The van der Waals surface area contributed by atoms with Gasteiger partial charge >= 0.3 is 12.0 Å². The van der Waals surface area contributed by atoms with Crippen molar-refractivity contribution in [3.63, 3.8) is 0 Å². The first-order valence-corrected chi connectivity index (χ1v) is 7.31. The first-order valence-electron chi connectivity index (χ1n) is 7.31. The summed E-state index contributed by atoms with van der Waals surface area (Å²) >= 11 is 0. The van der Waals surface area contributed by atoms with Gasteiger partial charge in [-0.1, -0.05) is 0 Å². The molecule has 1 fully saturated rings. The van der Waals surface area contributed by atoms with Crippen molar-refractivity contribution in [1.82, 2.24) is 15.2 Å². The zero-order valence-corrected chi connectivity index (χ0v) is 12.9. The van der Waals surface area contributed by atoms with Crippen LogP contribution >= 0.6 is 0 Å². The number of aromatic nitrogens is 1. The Hall–Kier alpha value is -2.83. The minimum Gasteiger partial charge on any atom is -0.452 e. The molecule has 0 saturated carbocycles. The Labute approximate surface area is 132 Å². The van der Waals surface area contributed by atoms with E-state index in [-0.39, 0.29) is 0 Å². The molecular formula is C16H17N3O4. The van der Waals surface area contributed by atoms with Crippen LogP contribution in [0.5, 0.6) is 0 Å². The Morgan fingerprint density at radius 2 is 2.09 bits per heavy atom. The number of H-pyrrole nitrogens is 1. The van der Waals surface area contributed by atoms with Gasteiger partial charge in [-0.3, -0.25) is 9.69 Å². The number of benzene rings is 1. The fraction of sp³-hybridized carbons (Fsp3) is 0.312. The number of aryl methyl sites for hydroxylation is 2. The topological polar surface area (TPSA) is 91.5 Å². The second kappa shape index (κ2) is 5.75. The van der Waals surface area contributed by atoms with Crippen molar-refractivity contribution < 1.29 is 19.1 Å². The maximum absolute atomic E-state index is 12.1. The standard InChI is InChI=1S/C16H17N3O4/c1-9-10(2)18-13-4-3-11(7-12(9)13)15(21)23-8-14(20)19-6-5-17-16(19)22/h3-4,7,18H,5-6,8H2,1-2H3,(H,17,22). The molecule has 2 heterocycles. The number of nitrogens with zero attached hydrogens (tertiary/aromatic N) is 1. The molecule has 7 heteroatoms. The molecule has 1 aliphatic rings. The van der Waals surface area contributed by atoms with Gasteiger partial charge in [0.15, 0.2) is 6.61 Å². The van der Waals surface area contributed by atoms with Crippen LogP contribution in [0.25, 0.3) is 10.9 Å². The summed E-state index contributed by atoms with van der Waals surface area (Å²) in [5.41, 5.74) is 3.43. The summed E-state index contributed by atoms with van der Waals surface area (Å²) in [5, 5.41) is 3.47. The van der Waals surface area contributed by atoms with Crippen molar-refractivity contribution in [3.05, 3.63) is 35.0 Å². The van der Waals surface area contributed by atoms with Gasteiger partial charge in [0, 0.05) is 29.7 Å². The van der Waals surface area contributed by atoms with E-state index in [1.165, 1.54) is 0 Å². The third kappa shape index (κ3) is 2.77. The highest BCUT2D eigenvalue weighted by molar-refractivity contribution is 5.99. The quantitative estimate of drug-likeness (QED) is 0.840. The summed E-state index contributed by atoms with van der Waals surface area (Å²) in [7, 11) is 0. The summed E-state index contributed by atoms with van der Waals surface area (Å²) in [6, 6.07) is 4.74. The fourth-order valence-electron chi connectivity index (χ4n) is 2.59. The number of imide groups is 1. The first-order chi connectivity index (χ1) is 11.0. The number of urea groups is 1. The van der Waals surface area contributed by atoms with Crippen molar-refractivity contribution in [2.75, 3.05) is 19.7 Å². The Morgan fingerprint density at radius 3 is 2.78 bits per heavy atom. The maximum atomic E-state index is 12.1. The molecule has 0 unspecified atom stereocenters. The van der Waals surface area contributed by atoms with Crippen LogP contribution < -0.4 is 5.32 Å². The molecule has 0 atom stereocenters. The second-order valence-corrected chi connectivity index (χ2v) is 5.49. The van der Waals surface area contributed by atoms with Gasteiger partial charge in [0.25, 0.3) is 5.91 Å². The van der Waals surface area contributed by atoms with Gasteiger partial charge < -0.3 is 15.0 Å².